The first kappa shape index (κ1) is 11.3. The van der Waals surface area contributed by atoms with Crippen LogP contribution in [0.15, 0.2) is 6.33 Å². The third-order valence-corrected chi connectivity index (χ3v) is 3.02. The summed E-state index contributed by atoms with van der Waals surface area (Å²) in [6, 6.07) is 0.303. The van der Waals surface area contributed by atoms with Gasteiger partial charge in [0.1, 0.15) is 17.3 Å². The van der Waals surface area contributed by atoms with Gasteiger partial charge >= 0.3 is 0 Å². The van der Waals surface area contributed by atoms with E-state index in [2.05, 4.69) is 22.2 Å². The number of nitrogens with zero attached hydrogens (tertiary/aromatic N) is 2. The van der Waals surface area contributed by atoms with E-state index >= 15 is 0 Å². The molecular formula is C11H14ClN3O. The molecule has 0 bridgehead atoms. The van der Waals surface area contributed by atoms with Crippen LogP contribution in [0.2, 0.25) is 5.15 Å². The Balaban J connectivity index is 2.06. The van der Waals surface area contributed by atoms with E-state index in [9.17, 15) is 4.79 Å². The zero-order chi connectivity index (χ0) is 11.5. The largest absolute Gasteiger partial charge is 0.367 e. The standard InChI is InChI=1S/C11H14ClN3O/c1-7(4-8-2-3-8)15-11-9(5-16)10(12)13-6-14-11/h5-8H,2-4H2,1H3,(H,13,14,15). The molecule has 1 saturated carbocycles. The molecule has 1 aromatic heterocycles. The molecule has 1 unspecified atom stereocenters. The van der Waals surface area contributed by atoms with Crippen LogP contribution in [0, 0.1) is 5.92 Å². The third-order valence-electron chi connectivity index (χ3n) is 2.72. The first-order valence-corrected chi connectivity index (χ1v) is 5.80. The lowest BCUT2D eigenvalue weighted by atomic mass is 10.1. The molecule has 1 aliphatic rings. The molecule has 1 fully saturated rings. The minimum Gasteiger partial charge on any atom is -0.367 e. The molecule has 86 valence electrons. The van der Waals surface area contributed by atoms with Crippen molar-refractivity contribution in [2.75, 3.05) is 5.32 Å². The Morgan fingerprint density at radius 3 is 3.00 bits per heavy atom. The summed E-state index contributed by atoms with van der Waals surface area (Å²) < 4.78 is 0. The Morgan fingerprint density at radius 1 is 1.62 bits per heavy atom. The Labute approximate surface area is 99.4 Å². The van der Waals surface area contributed by atoms with Crippen molar-refractivity contribution in [2.45, 2.75) is 32.2 Å². The predicted octanol–water partition coefficient (Wildman–Crippen LogP) is 2.54. The van der Waals surface area contributed by atoms with Crippen molar-refractivity contribution in [3.8, 4) is 0 Å². The number of aldehydes is 1. The van der Waals surface area contributed by atoms with Gasteiger partial charge in [-0.2, -0.15) is 0 Å². The molecule has 0 radical (unpaired) electrons. The molecule has 0 aliphatic heterocycles. The fourth-order valence-electron chi connectivity index (χ4n) is 1.74. The van der Waals surface area contributed by atoms with Gasteiger partial charge in [-0.15, -0.1) is 0 Å². The number of anilines is 1. The van der Waals surface area contributed by atoms with Crippen molar-refractivity contribution >= 4 is 23.7 Å². The molecule has 0 amide bonds. The number of carbonyl (C=O) groups excluding carboxylic acids is 1. The minimum absolute atomic E-state index is 0.200. The lowest BCUT2D eigenvalue weighted by Crippen LogP contribution is -2.18. The maximum absolute atomic E-state index is 10.9. The number of rotatable bonds is 5. The highest BCUT2D eigenvalue weighted by Crippen LogP contribution is 2.34. The predicted molar refractivity (Wildman–Crippen MR) is 62.9 cm³/mol. The van der Waals surface area contributed by atoms with Gasteiger partial charge in [-0.3, -0.25) is 4.79 Å². The van der Waals surface area contributed by atoms with Crippen LogP contribution in [-0.2, 0) is 0 Å². The van der Waals surface area contributed by atoms with E-state index in [1.807, 2.05) is 0 Å². The van der Waals surface area contributed by atoms with Crippen LogP contribution in [0.4, 0.5) is 5.82 Å². The number of aromatic nitrogens is 2. The molecule has 0 aromatic carbocycles. The van der Waals surface area contributed by atoms with Gasteiger partial charge in [0.25, 0.3) is 0 Å². The van der Waals surface area contributed by atoms with Crippen LogP contribution < -0.4 is 5.32 Å². The Hall–Kier alpha value is -1.16. The summed E-state index contributed by atoms with van der Waals surface area (Å²) in [5.74, 6) is 1.36. The van der Waals surface area contributed by atoms with Crippen LogP contribution in [0.5, 0.6) is 0 Å². The third kappa shape index (κ3) is 2.70. The summed E-state index contributed by atoms with van der Waals surface area (Å²) in [4.78, 5) is 18.7. The maximum Gasteiger partial charge on any atom is 0.156 e. The SMILES string of the molecule is CC(CC1CC1)Nc1ncnc(Cl)c1C=O. The molecule has 5 heteroatoms. The number of nitrogens with one attached hydrogen (secondary N) is 1. The van der Waals surface area contributed by atoms with E-state index in [1.54, 1.807) is 0 Å². The molecule has 0 saturated heterocycles. The van der Waals surface area contributed by atoms with Crippen molar-refractivity contribution in [1.29, 1.82) is 0 Å². The fourth-order valence-corrected chi connectivity index (χ4v) is 1.92. The number of halogens is 1. The Kier molecular flexibility index (Phi) is 3.39. The van der Waals surface area contributed by atoms with Crippen LogP contribution in [0.1, 0.15) is 36.5 Å². The average molecular weight is 240 g/mol. The Morgan fingerprint density at radius 2 is 2.38 bits per heavy atom. The lowest BCUT2D eigenvalue weighted by Gasteiger charge is -2.15. The second-order valence-corrected chi connectivity index (χ2v) is 4.63. The van der Waals surface area contributed by atoms with Gasteiger partial charge < -0.3 is 5.32 Å². The van der Waals surface area contributed by atoms with E-state index in [1.165, 1.54) is 19.2 Å². The lowest BCUT2D eigenvalue weighted by molar-refractivity contribution is 0.112. The van der Waals surface area contributed by atoms with Crippen molar-refractivity contribution in [3.63, 3.8) is 0 Å². The number of hydrogen-bond donors (Lipinski definition) is 1. The fraction of sp³-hybridized carbons (Fsp3) is 0.545. The van der Waals surface area contributed by atoms with Crippen molar-refractivity contribution in [2.24, 2.45) is 5.92 Å². The van der Waals surface area contributed by atoms with Gasteiger partial charge in [-0.1, -0.05) is 24.4 Å². The summed E-state index contributed by atoms with van der Waals surface area (Å²) in [5, 5.41) is 3.41. The van der Waals surface area contributed by atoms with E-state index in [0.717, 1.165) is 12.3 Å². The molecule has 1 atom stereocenters. The van der Waals surface area contributed by atoms with Crippen LogP contribution in [-0.4, -0.2) is 22.3 Å². The quantitative estimate of drug-likeness (QED) is 0.634. The first-order chi connectivity index (χ1) is 7.70. The van der Waals surface area contributed by atoms with Gasteiger partial charge in [0.05, 0.1) is 5.56 Å². The highest BCUT2D eigenvalue weighted by atomic mass is 35.5. The zero-order valence-corrected chi connectivity index (χ0v) is 9.87. The number of hydrogen-bond acceptors (Lipinski definition) is 4. The summed E-state index contributed by atoms with van der Waals surface area (Å²) in [6.07, 6.45) is 5.80. The topological polar surface area (TPSA) is 54.9 Å². The van der Waals surface area contributed by atoms with E-state index in [4.69, 9.17) is 11.6 Å². The monoisotopic (exact) mass is 239 g/mol. The van der Waals surface area contributed by atoms with Crippen LogP contribution >= 0.6 is 11.6 Å². The molecule has 2 rings (SSSR count). The van der Waals surface area contributed by atoms with Crippen LogP contribution in [0.3, 0.4) is 0 Å². The molecule has 1 aromatic rings. The molecule has 1 heterocycles. The zero-order valence-electron chi connectivity index (χ0n) is 9.11. The maximum atomic E-state index is 10.9. The first-order valence-electron chi connectivity index (χ1n) is 5.43. The average Bonchev–Trinajstić information content (AvgIpc) is 3.02. The number of carbonyl (C=O) groups is 1. The van der Waals surface area contributed by atoms with Gasteiger partial charge in [0.2, 0.25) is 0 Å². The highest BCUT2D eigenvalue weighted by molar-refractivity contribution is 6.32. The van der Waals surface area contributed by atoms with Crippen LogP contribution in [0.25, 0.3) is 0 Å². The minimum atomic E-state index is 0.200. The summed E-state index contributed by atoms with van der Waals surface area (Å²) in [7, 11) is 0. The van der Waals surface area contributed by atoms with E-state index in [-0.39, 0.29) is 5.15 Å². The van der Waals surface area contributed by atoms with Gasteiger partial charge in [0, 0.05) is 6.04 Å². The Bertz CT molecular complexity index is 393. The molecule has 0 spiro atoms. The highest BCUT2D eigenvalue weighted by Gasteiger charge is 2.24. The van der Waals surface area contributed by atoms with E-state index < -0.39 is 0 Å². The summed E-state index contributed by atoms with van der Waals surface area (Å²) in [5.41, 5.74) is 0.340. The molecule has 16 heavy (non-hydrogen) atoms. The van der Waals surface area contributed by atoms with Crippen molar-refractivity contribution in [1.82, 2.24) is 9.97 Å². The second-order valence-electron chi connectivity index (χ2n) is 4.27. The second kappa shape index (κ2) is 4.78. The van der Waals surface area contributed by atoms with Gasteiger partial charge in [0.15, 0.2) is 6.29 Å². The molecule has 4 nitrogen and oxygen atoms in total. The van der Waals surface area contributed by atoms with Crippen molar-refractivity contribution in [3.05, 3.63) is 17.0 Å². The van der Waals surface area contributed by atoms with Crippen molar-refractivity contribution < 1.29 is 4.79 Å². The molecule has 1 aliphatic carbocycles. The summed E-state index contributed by atoms with van der Waals surface area (Å²) >= 11 is 5.81. The molecule has 1 N–H and O–H groups in total. The van der Waals surface area contributed by atoms with E-state index in [0.29, 0.717) is 23.7 Å². The smallest absolute Gasteiger partial charge is 0.156 e. The normalized spacial score (nSPS) is 16.9. The van der Waals surface area contributed by atoms with Gasteiger partial charge in [-0.25, -0.2) is 9.97 Å². The molecular weight excluding hydrogens is 226 g/mol. The summed E-state index contributed by atoms with van der Waals surface area (Å²) in [6.45, 7) is 2.09. The van der Waals surface area contributed by atoms with Gasteiger partial charge in [-0.05, 0) is 19.3 Å².